The van der Waals surface area contributed by atoms with Crippen molar-refractivity contribution in [1.29, 1.82) is 5.26 Å². The topological polar surface area (TPSA) is 124 Å². The van der Waals surface area contributed by atoms with Crippen molar-refractivity contribution in [1.82, 2.24) is 5.48 Å². The summed E-state index contributed by atoms with van der Waals surface area (Å²) in [5, 5.41) is 20.7. The summed E-state index contributed by atoms with van der Waals surface area (Å²) in [5.41, 5.74) is 3.94. The molecule has 1 aliphatic rings. The van der Waals surface area contributed by atoms with Gasteiger partial charge in [-0.1, -0.05) is 0 Å². The number of hydrogen-bond acceptors (Lipinski definition) is 8. The number of esters is 1. The minimum absolute atomic E-state index is 0.0529. The first-order chi connectivity index (χ1) is 12.7. The molecule has 1 N–H and O–H groups in total. The second kappa shape index (κ2) is 9.73. The fourth-order valence-corrected chi connectivity index (χ4v) is 3.03. The maximum absolute atomic E-state index is 12.1. The smallest absolute Gasteiger partial charge is 0.324 e. The Hall–Kier alpha value is -2.86. The van der Waals surface area contributed by atoms with Gasteiger partial charge in [-0.3, -0.25) is 14.9 Å². The van der Waals surface area contributed by atoms with Gasteiger partial charge in [-0.2, -0.15) is 5.26 Å². The monoisotopic (exact) mass is 379 g/mol. The highest BCUT2D eigenvalue weighted by Crippen LogP contribution is 2.33. The number of carbonyl (C=O) groups is 1. The van der Waals surface area contributed by atoms with Crippen molar-refractivity contribution in [3.05, 3.63) is 45.1 Å². The molecule has 0 fully saturated rings. The van der Waals surface area contributed by atoms with Crippen LogP contribution in [0.5, 0.6) is 0 Å². The molecule has 1 heterocycles. The number of ether oxygens (including phenoxy) is 2. The first-order valence-corrected chi connectivity index (χ1v) is 8.46. The summed E-state index contributed by atoms with van der Waals surface area (Å²) >= 11 is 0. The van der Waals surface area contributed by atoms with Gasteiger partial charge in [-0.25, -0.2) is 0 Å². The van der Waals surface area contributed by atoms with E-state index in [4.69, 9.17) is 14.3 Å². The highest BCUT2D eigenvalue weighted by molar-refractivity contribution is 5.76. The maximum atomic E-state index is 12.1. The zero-order chi connectivity index (χ0) is 20.7. The van der Waals surface area contributed by atoms with Gasteiger partial charge < -0.3 is 14.3 Å². The molecule has 1 unspecified atom stereocenters. The number of nitriles is 1. The second-order valence-corrected chi connectivity index (χ2v) is 6.08. The second-order valence-electron chi connectivity index (χ2n) is 6.08. The molecular formula is C18H25N3O6. The zero-order valence-electron chi connectivity index (χ0n) is 16.2. The van der Waals surface area contributed by atoms with E-state index >= 15 is 0 Å². The average Bonchev–Trinajstić information content (AvgIpc) is 2.95. The Morgan fingerprint density at radius 3 is 2.59 bits per heavy atom. The van der Waals surface area contributed by atoms with Crippen LogP contribution in [0.4, 0.5) is 0 Å². The molecule has 27 heavy (non-hydrogen) atoms. The Bertz CT molecular complexity index is 719. The van der Waals surface area contributed by atoms with Crippen molar-refractivity contribution in [2.45, 2.75) is 40.2 Å². The predicted molar refractivity (Wildman–Crippen MR) is 96.1 cm³/mol. The minimum Gasteiger partial charge on any atom is -0.501 e. The number of hydrogen-bond donors (Lipinski definition) is 1. The minimum atomic E-state index is -1.37. The van der Waals surface area contributed by atoms with Gasteiger partial charge in [-0.15, -0.1) is 5.48 Å². The van der Waals surface area contributed by atoms with Crippen LogP contribution in [-0.4, -0.2) is 30.7 Å². The van der Waals surface area contributed by atoms with E-state index in [0.29, 0.717) is 17.1 Å². The average molecular weight is 379 g/mol. The Balaban J connectivity index is 3.34. The van der Waals surface area contributed by atoms with E-state index in [9.17, 15) is 20.2 Å². The van der Waals surface area contributed by atoms with Gasteiger partial charge in [-0.05, 0) is 39.8 Å². The van der Waals surface area contributed by atoms with Crippen molar-refractivity contribution < 1.29 is 24.0 Å². The van der Waals surface area contributed by atoms with E-state index in [1.807, 2.05) is 13.0 Å². The number of nitrogens with zero attached hydrogens (tertiary/aromatic N) is 2. The number of rotatable bonds is 9. The summed E-state index contributed by atoms with van der Waals surface area (Å²) in [5.74, 6) is -2.23. The molecule has 3 atom stereocenters. The first-order valence-electron chi connectivity index (χ1n) is 8.46. The molecule has 0 radical (unpaired) electrons. The molecule has 0 spiro atoms. The number of methoxy groups -OCH3 is 1. The lowest BCUT2D eigenvalue weighted by Crippen LogP contribution is -2.29. The largest absolute Gasteiger partial charge is 0.501 e. The van der Waals surface area contributed by atoms with Gasteiger partial charge in [0.05, 0.1) is 42.4 Å². The fourth-order valence-electron chi connectivity index (χ4n) is 3.03. The Morgan fingerprint density at radius 2 is 2.19 bits per heavy atom. The lowest BCUT2D eigenvalue weighted by atomic mass is 9.85. The molecule has 9 nitrogen and oxygen atoms in total. The zero-order valence-corrected chi connectivity index (χ0v) is 16.2. The van der Waals surface area contributed by atoms with Gasteiger partial charge in [0.2, 0.25) is 5.70 Å². The molecule has 0 bridgehead atoms. The van der Waals surface area contributed by atoms with E-state index in [1.54, 1.807) is 20.8 Å². The van der Waals surface area contributed by atoms with Gasteiger partial charge in [0.15, 0.2) is 5.92 Å². The van der Waals surface area contributed by atoms with E-state index in [1.165, 1.54) is 7.11 Å². The quantitative estimate of drug-likeness (QED) is 0.281. The highest BCUT2D eigenvalue weighted by Gasteiger charge is 2.39. The van der Waals surface area contributed by atoms with E-state index in [2.05, 4.69) is 12.1 Å². The lowest BCUT2D eigenvalue weighted by molar-refractivity contribution is -0.434. The van der Waals surface area contributed by atoms with E-state index < -0.39 is 28.4 Å². The normalized spacial score (nSPS) is 19.3. The van der Waals surface area contributed by atoms with Gasteiger partial charge >= 0.3 is 5.97 Å². The molecule has 0 saturated heterocycles. The van der Waals surface area contributed by atoms with Crippen LogP contribution in [0.3, 0.4) is 0 Å². The third kappa shape index (κ3) is 5.08. The summed E-state index contributed by atoms with van der Waals surface area (Å²) in [6.07, 6.45) is -0.0529. The summed E-state index contributed by atoms with van der Waals surface area (Å²) in [7, 11) is 1.43. The lowest BCUT2D eigenvalue weighted by Gasteiger charge is -2.21. The van der Waals surface area contributed by atoms with Crippen molar-refractivity contribution in [2.75, 3.05) is 13.7 Å². The number of carbonyl (C=O) groups excluding carboxylic acids is 1. The number of allylic oxidation sites excluding steroid dienone is 3. The molecule has 0 amide bonds. The molecule has 9 heteroatoms. The van der Waals surface area contributed by atoms with Crippen LogP contribution in [0.25, 0.3) is 0 Å². The molecule has 0 aliphatic carbocycles. The molecule has 0 saturated carbocycles. The van der Waals surface area contributed by atoms with E-state index in [0.717, 1.165) is 5.57 Å². The molecular weight excluding hydrogens is 354 g/mol. The van der Waals surface area contributed by atoms with Crippen LogP contribution < -0.4 is 5.48 Å². The molecule has 1 rings (SSSR count). The van der Waals surface area contributed by atoms with E-state index in [-0.39, 0.29) is 19.1 Å². The Labute approximate surface area is 158 Å². The predicted octanol–water partition coefficient (Wildman–Crippen LogP) is 2.60. The molecule has 0 aromatic carbocycles. The van der Waals surface area contributed by atoms with Crippen molar-refractivity contribution in [3.8, 4) is 6.07 Å². The number of hydroxylamine groups is 1. The number of nitro groups is 1. The van der Waals surface area contributed by atoms with Crippen LogP contribution >= 0.6 is 0 Å². The van der Waals surface area contributed by atoms with Crippen molar-refractivity contribution >= 4 is 5.97 Å². The fraction of sp³-hybridized carbons (Fsp3) is 0.556. The molecule has 0 aromatic rings. The van der Waals surface area contributed by atoms with Crippen molar-refractivity contribution in [3.63, 3.8) is 0 Å². The Morgan fingerprint density at radius 1 is 1.56 bits per heavy atom. The summed E-state index contributed by atoms with van der Waals surface area (Å²) in [6.45, 7) is 10.6. The van der Waals surface area contributed by atoms with Gasteiger partial charge in [0, 0.05) is 12.0 Å². The highest BCUT2D eigenvalue weighted by atomic mass is 16.7. The van der Waals surface area contributed by atoms with Gasteiger partial charge in [0.25, 0.3) is 0 Å². The number of nitrogens with one attached hydrogen (secondary N) is 1. The Kier molecular flexibility index (Phi) is 7.99. The molecule has 148 valence electrons. The third-order valence-electron chi connectivity index (χ3n) is 4.42. The van der Waals surface area contributed by atoms with Crippen LogP contribution in [0, 0.1) is 33.3 Å². The van der Waals surface area contributed by atoms with Crippen LogP contribution in [0.2, 0.25) is 0 Å². The van der Waals surface area contributed by atoms with Crippen LogP contribution in [0.15, 0.2) is 34.9 Å². The summed E-state index contributed by atoms with van der Waals surface area (Å²) < 4.78 is 10.3. The summed E-state index contributed by atoms with van der Waals surface area (Å²) in [4.78, 5) is 28.0. The van der Waals surface area contributed by atoms with Crippen LogP contribution in [0.1, 0.15) is 34.1 Å². The molecule has 0 aromatic heterocycles. The van der Waals surface area contributed by atoms with Gasteiger partial charge in [0.1, 0.15) is 5.76 Å². The van der Waals surface area contributed by atoms with Crippen LogP contribution in [-0.2, 0) is 19.1 Å². The van der Waals surface area contributed by atoms with Crippen molar-refractivity contribution in [2.24, 2.45) is 11.8 Å². The summed E-state index contributed by atoms with van der Waals surface area (Å²) in [6, 6.07) is 1.70. The SMILES string of the molecule is C=C([C@@H](C/C(OC)=C(\C)C1=C(C)ON[C@H]1C)C(C#N)C(=O)OCC)[N+](=O)[O-]. The maximum Gasteiger partial charge on any atom is 0.324 e. The molecule has 1 aliphatic heterocycles. The first kappa shape index (κ1) is 22.2. The standard InChI is InChI=1S/C18H25N3O6/c1-7-26-18(22)15(9-19)14(12(4)21(23)24)8-16(25-6)10(2)17-11(3)20-27-13(17)5/h11,14-15,20H,4,7-8H2,1-3,5-6H3/b16-10-/t11-,14+,15?/m0/s1. The third-order valence-corrected chi connectivity index (χ3v) is 4.42.